The van der Waals surface area contributed by atoms with E-state index in [-0.39, 0.29) is 17.7 Å². The highest BCUT2D eigenvalue weighted by Crippen LogP contribution is 2.40. The molecule has 0 atom stereocenters. The van der Waals surface area contributed by atoms with Crippen LogP contribution >= 0.6 is 0 Å². The summed E-state index contributed by atoms with van der Waals surface area (Å²) in [6.07, 6.45) is 8.90. The molecule has 21 heavy (non-hydrogen) atoms. The number of rotatable bonds is 5. The standard InChI is InChI=1S/C17H34N2O2/c1-16(2)12-14(18-10-11-20)13-17(3,4)19(16)21-15-8-6-5-7-9-15/h14-15,18,20H,5-13H2,1-4H3. The highest BCUT2D eigenvalue weighted by molar-refractivity contribution is 4.99. The van der Waals surface area contributed by atoms with Crippen molar-refractivity contribution in [2.75, 3.05) is 13.2 Å². The number of nitrogens with one attached hydrogen (secondary N) is 1. The van der Waals surface area contributed by atoms with Crippen molar-refractivity contribution in [2.24, 2.45) is 0 Å². The van der Waals surface area contributed by atoms with Crippen LogP contribution < -0.4 is 5.32 Å². The lowest BCUT2D eigenvalue weighted by Gasteiger charge is -2.55. The number of piperidine rings is 1. The van der Waals surface area contributed by atoms with Gasteiger partial charge in [0.05, 0.1) is 12.7 Å². The number of aliphatic hydroxyl groups is 1. The maximum absolute atomic E-state index is 9.03. The van der Waals surface area contributed by atoms with Crippen molar-refractivity contribution in [3.05, 3.63) is 0 Å². The molecule has 0 aromatic carbocycles. The van der Waals surface area contributed by atoms with Crippen molar-refractivity contribution < 1.29 is 9.94 Å². The third kappa shape index (κ3) is 4.41. The van der Waals surface area contributed by atoms with Crippen LogP contribution in [0, 0.1) is 0 Å². The Morgan fingerprint density at radius 2 is 1.62 bits per heavy atom. The lowest BCUT2D eigenvalue weighted by atomic mass is 9.79. The Morgan fingerprint density at radius 1 is 1.05 bits per heavy atom. The number of hydrogen-bond donors (Lipinski definition) is 2. The van der Waals surface area contributed by atoms with Gasteiger partial charge in [-0.2, -0.15) is 5.06 Å². The highest BCUT2D eigenvalue weighted by atomic mass is 16.7. The molecule has 2 rings (SSSR count). The molecule has 0 spiro atoms. The predicted octanol–water partition coefficient (Wildman–Crippen LogP) is 2.85. The molecule has 1 heterocycles. The SMILES string of the molecule is CC1(C)CC(NCCO)CC(C)(C)N1OC1CCCCC1. The van der Waals surface area contributed by atoms with Crippen molar-refractivity contribution in [3.8, 4) is 0 Å². The van der Waals surface area contributed by atoms with Gasteiger partial charge < -0.3 is 10.4 Å². The van der Waals surface area contributed by atoms with Gasteiger partial charge in [0.25, 0.3) is 0 Å². The zero-order valence-corrected chi connectivity index (χ0v) is 14.3. The minimum Gasteiger partial charge on any atom is -0.395 e. The van der Waals surface area contributed by atoms with E-state index in [1.165, 1.54) is 32.1 Å². The summed E-state index contributed by atoms with van der Waals surface area (Å²) in [5.41, 5.74) is 0.0403. The van der Waals surface area contributed by atoms with Gasteiger partial charge in [0.15, 0.2) is 0 Å². The molecule has 2 aliphatic rings. The fourth-order valence-corrected chi connectivity index (χ4v) is 4.28. The smallest absolute Gasteiger partial charge is 0.0793 e. The van der Waals surface area contributed by atoms with E-state index in [0.717, 1.165) is 12.8 Å². The highest BCUT2D eigenvalue weighted by Gasteiger charge is 2.47. The normalized spacial score (nSPS) is 27.9. The summed E-state index contributed by atoms with van der Waals surface area (Å²) in [6.45, 7) is 10.0. The lowest BCUT2D eigenvalue weighted by molar-refractivity contribution is -0.310. The van der Waals surface area contributed by atoms with E-state index in [9.17, 15) is 0 Å². The monoisotopic (exact) mass is 298 g/mol. The van der Waals surface area contributed by atoms with Crippen LogP contribution in [0.3, 0.4) is 0 Å². The summed E-state index contributed by atoms with van der Waals surface area (Å²) in [7, 11) is 0. The fraction of sp³-hybridized carbons (Fsp3) is 1.00. The molecular formula is C17H34N2O2. The van der Waals surface area contributed by atoms with Gasteiger partial charge >= 0.3 is 0 Å². The largest absolute Gasteiger partial charge is 0.395 e. The summed E-state index contributed by atoms with van der Waals surface area (Å²) in [4.78, 5) is 6.47. The molecule has 1 saturated carbocycles. The van der Waals surface area contributed by atoms with Crippen LogP contribution in [0.5, 0.6) is 0 Å². The third-order valence-electron chi connectivity index (χ3n) is 4.94. The Bertz CT molecular complexity index is 307. The Hall–Kier alpha value is -0.160. The number of hydrogen-bond acceptors (Lipinski definition) is 4. The van der Waals surface area contributed by atoms with E-state index in [1.54, 1.807) is 0 Å². The fourth-order valence-electron chi connectivity index (χ4n) is 4.28. The molecule has 0 amide bonds. The minimum atomic E-state index is 0.0202. The summed E-state index contributed by atoms with van der Waals surface area (Å²) >= 11 is 0. The van der Waals surface area contributed by atoms with Gasteiger partial charge in [-0.1, -0.05) is 19.3 Å². The molecule has 0 radical (unpaired) electrons. The second kappa shape index (κ2) is 6.95. The molecule has 1 aliphatic carbocycles. The Kier molecular flexibility index (Phi) is 5.69. The molecule has 4 heteroatoms. The van der Waals surface area contributed by atoms with Crippen LogP contribution in [-0.4, -0.2) is 46.5 Å². The maximum Gasteiger partial charge on any atom is 0.0793 e. The minimum absolute atomic E-state index is 0.0202. The Labute approximate surface area is 130 Å². The number of nitrogens with zero attached hydrogens (tertiary/aromatic N) is 1. The van der Waals surface area contributed by atoms with E-state index < -0.39 is 0 Å². The van der Waals surface area contributed by atoms with Crippen molar-refractivity contribution in [2.45, 2.75) is 95.9 Å². The maximum atomic E-state index is 9.03. The van der Waals surface area contributed by atoms with Crippen LogP contribution in [0.25, 0.3) is 0 Å². The predicted molar refractivity (Wildman–Crippen MR) is 86.1 cm³/mol. The Morgan fingerprint density at radius 3 is 2.14 bits per heavy atom. The lowest BCUT2D eigenvalue weighted by Crippen LogP contribution is -2.64. The van der Waals surface area contributed by atoms with Crippen LogP contribution in [-0.2, 0) is 4.84 Å². The van der Waals surface area contributed by atoms with E-state index in [2.05, 4.69) is 38.1 Å². The number of aliphatic hydroxyl groups excluding tert-OH is 1. The van der Waals surface area contributed by atoms with Crippen molar-refractivity contribution >= 4 is 0 Å². The second-order valence-corrected chi connectivity index (χ2v) is 8.07. The van der Waals surface area contributed by atoms with Crippen molar-refractivity contribution in [3.63, 3.8) is 0 Å². The average molecular weight is 298 g/mol. The Balaban J connectivity index is 2.02. The van der Waals surface area contributed by atoms with E-state index in [0.29, 0.717) is 18.7 Å². The van der Waals surface area contributed by atoms with Gasteiger partial charge in [-0.3, -0.25) is 4.84 Å². The molecule has 1 saturated heterocycles. The number of hydroxylamine groups is 2. The summed E-state index contributed by atoms with van der Waals surface area (Å²) in [5, 5.41) is 14.8. The summed E-state index contributed by atoms with van der Waals surface area (Å²) < 4.78 is 0. The third-order valence-corrected chi connectivity index (χ3v) is 4.94. The zero-order chi connectivity index (χ0) is 15.5. The summed E-state index contributed by atoms with van der Waals surface area (Å²) in [5.74, 6) is 0. The topological polar surface area (TPSA) is 44.7 Å². The van der Waals surface area contributed by atoms with Gasteiger partial charge in [0.1, 0.15) is 0 Å². The molecule has 0 bridgehead atoms. The van der Waals surface area contributed by atoms with Crippen molar-refractivity contribution in [1.29, 1.82) is 0 Å². The average Bonchev–Trinajstić information content (AvgIpc) is 2.41. The molecular weight excluding hydrogens is 264 g/mol. The van der Waals surface area contributed by atoms with Crippen LogP contribution in [0.2, 0.25) is 0 Å². The van der Waals surface area contributed by atoms with Gasteiger partial charge in [-0.05, 0) is 53.4 Å². The molecule has 124 valence electrons. The first-order chi connectivity index (χ1) is 9.85. The molecule has 1 aliphatic heterocycles. The van der Waals surface area contributed by atoms with Crippen LogP contribution in [0.15, 0.2) is 0 Å². The van der Waals surface area contributed by atoms with Crippen LogP contribution in [0.4, 0.5) is 0 Å². The van der Waals surface area contributed by atoms with Crippen LogP contribution in [0.1, 0.15) is 72.6 Å². The quantitative estimate of drug-likeness (QED) is 0.819. The van der Waals surface area contributed by atoms with Crippen molar-refractivity contribution in [1.82, 2.24) is 10.4 Å². The molecule has 2 fully saturated rings. The first-order valence-electron chi connectivity index (χ1n) is 8.66. The second-order valence-electron chi connectivity index (χ2n) is 8.07. The van der Waals surface area contributed by atoms with Gasteiger partial charge in [-0.25, -0.2) is 0 Å². The zero-order valence-electron chi connectivity index (χ0n) is 14.3. The van der Waals surface area contributed by atoms with E-state index in [1.807, 2.05) is 0 Å². The van der Waals surface area contributed by atoms with E-state index in [4.69, 9.17) is 9.94 Å². The van der Waals surface area contributed by atoms with Gasteiger partial charge in [-0.15, -0.1) is 0 Å². The molecule has 2 N–H and O–H groups in total. The van der Waals surface area contributed by atoms with E-state index >= 15 is 0 Å². The molecule has 4 nitrogen and oxygen atoms in total. The first-order valence-corrected chi connectivity index (χ1v) is 8.66. The first kappa shape index (κ1) is 17.2. The summed E-state index contributed by atoms with van der Waals surface area (Å²) in [6, 6.07) is 0.452. The molecule has 0 unspecified atom stereocenters. The molecule has 0 aromatic heterocycles. The van der Waals surface area contributed by atoms with Gasteiger partial charge in [0, 0.05) is 23.7 Å². The van der Waals surface area contributed by atoms with Gasteiger partial charge in [0.2, 0.25) is 0 Å². The molecule has 0 aromatic rings.